The van der Waals surface area contributed by atoms with Crippen molar-refractivity contribution >= 4 is 11.7 Å². The van der Waals surface area contributed by atoms with Crippen LogP contribution in [-0.4, -0.2) is 35.2 Å². The Hall–Kier alpha value is -3.15. The highest BCUT2D eigenvalue weighted by molar-refractivity contribution is 5.94. The van der Waals surface area contributed by atoms with Gasteiger partial charge in [0, 0.05) is 30.8 Å². The number of hydrogen-bond donors (Lipinski definition) is 2. The Bertz CT molecular complexity index is 909. The quantitative estimate of drug-likeness (QED) is 0.759. The third kappa shape index (κ3) is 3.44. The minimum Gasteiger partial charge on any atom is -0.353 e. The Kier molecular flexibility index (Phi) is 4.39. The number of aromatic amines is 1. The van der Waals surface area contributed by atoms with Crippen molar-refractivity contribution < 1.29 is 9.18 Å². The molecule has 132 valence electrons. The van der Waals surface area contributed by atoms with E-state index in [1.54, 1.807) is 12.1 Å². The molecule has 0 bridgehead atoms. The molecule has 2 heterocycles. The minimum absolute atomic E-state index is 0.0163. The van der Waals surface area contributed by atoms with Gasteiger partial charge in [-0.2, -0.15) is 5.10 Å². The number of anilines is 1. The number of nitrogens with one attached hydrogen (secondary N) is 2. The summed E-state index contributed by atoms with van der Waals surface area (Å²) in [5.41, 5.74) is 2.39. The number of halogens is 1. The van der Waals surface area contributed by atoms with Crippen molar-refractivity contribution in [1.82, 2.24) is 15.5 Å². The molecule has 0 saturated carbocycles. The molecule has 5 nitrogen and oxygen atoms in total. The Labute approximate surface area is 150 Å². The summed E-state index contributed by atoms with van der Waals surface area (Å²) in [6.07, 6.45) is 0.828. The Balaban J connectivity index is 1.40. The molecule has 3 aromatic rings. The maximum absolute atomic E-state index is 13.3. The van der Waals surface area contributed by atoms with E-state index in [1.807, 2.05) is 36.4 Å². The SMILES string of the molecule is O=C(N[C@H]1CCN(c2cc(-c3ccccc3)[nH]n2)C1)c1cccc(F)c1. The zero-order valence-electron chi connectivity index (χ0n) is 14.2. The van der Waals surface area contributed by atoms with Gasteiger partial charge in [0.2, 0.25) is 0 Å². The molecule has 1 saturated heterocycles. The molecule has 0 spiro atoms. The molecule has 2 aromatic carbocycles. The number of aromatic nitrogens is 2. The molecule has 26 heavy (non-hydrogen) atoms. The Morgan fingerprint density at radius 3 is 2.81 bits per heavy atom. The van der Waals surface area contributed by atoms with E-state index in [2.05, 4.69) is 20.4 Å². The van der Waals surface area contributed by atoms with Gasteiger partial charge in [-0.25, -0.2) is 4.39 Å². The van der Waals surface area contributed by atoms with Gasteiger partial charge >= 0.3 is 0 Å². The van der Waals surface area contributed by atoms with Gasteiger partial charge in [0.15, 0.2) is 5.82 Å². The summed E-state index contributed by atoms with van der Waals surface area (Å²) in [6, 6.07) is 17.8. The second-order valence-electron chi connectivity index (χ2n) is 6.42. The fourth-order valence-corrected chi connectivity index (χ4v) is 3.22. The van der Waals surface area contributed by atoms with Crippen LogP contribution < -0.4 is 10.2 Å². The molecular weight excluding hydrogens is 331 g/mol. The van der Waals surface area contributed by atoms with Crippen LogP contribution in [0.4, 0.5) is 10.2 Å². The number of carbonyl (C=O) groups excluding carboxylic acids is 1. The highest BCUT2D eigenvalue weighted by atomic mass is 19.1. The molecule has 6 heteroatoms. The largest absolute Gasteiger partial charge is 0.353 e. The lowest BCUT2D eigenvalue weighted by molar-refractivity contribution is 0.0940. The second kappa shape index (κ2) is 7.00. The third-order valence-corrected chi connectivity index (χ3v) is 4.58. The number of rotatable bonds is 4. The highest BCUT2D eigenvalue weighted by Gasteiger charge is 2.26. The van der Waals surface area contributed by atoms with E-state index in [0.29, 0.717) is 12.1 Å². The molecule has 2 N–H and O–H groups in total. The van der Waals surface area contributed by atoms with Gasteiger partial charge < -0.3 is 10.2 Å². The van der Waals surface area contributed by atoms with Crippen LogP contribution in [-0.2, 0) is 0 Å². The Morgan fingerprint density at radius 1 is 1.15 bits per heavy atom. The van der Waals surface area contributed by atoms with E-state index in [9.17, 15) is 9.18 Å². The summed E-state index contributed by atoms with van der Waals surface area (Å²) in [4.78, 5) is 14.4. The molecule has 1 aliphatic rings. The van der Waals surface area contributed by atoms with Gasteiger partial charge in [-0.1, -0.05) is 36.4 Å². The molecule has 1 aliphatic heterocycles. The van der Waals surface area contributed by atoms with Crippen LogP contribution in [0.1, 0.15) is 16.8 Å². The summed E-state index contributed by atoms with van der Waals surface area (Å²) in [5, 5.41) is 10.4. The molecule has 4 rings (SSSR count). The van der Waals surface area contributed by atoms with E-state index >= 15 is 0 Å². The molecule has 0 aliphatic carbocycles. The summed E-state index contributed by atoms with van der Waals surface area (Å²) in [5.74, 6) is 0.213. The van der Waals surface area contributed by atoms with Crippen LogP contribution in [0.3, 0.4) is 0 Å². The van der Waals surface area contributed by atoms with Crippen molar-refractivity contribution in [3.63, 3.8) is 0 Å². The summed E-state index contributed by atoms with van der Waals surface area (Å²) >= 11 is 0. The maximum Gasteiger partial charge on any atom is 0.251 e. The zero-order valence-corrected chi connectivity index (χ0v) is 14.2. The van der Waals surface area contributed by atoms with Crippen molar-refractivity contribution in [2.45, 2.75) is 12.5 Å². The molecule has 1 atom stereocenters. The van der Waals surface area contributed by atoms with Gasteiger partial charge in [-0.3, -0.25) is 9.89 Å². The fourth-order valence-electron chi connectivity index (χ4n) is 3.22. The molecule has 1 fully saturated rings. The van der Waals surface area contributed by atoms with Crippen molar-refractivity contribution in [3.05, 3.63) is 72.0 Å². The van der Waals surface area contributed by atoms with Crippen LogP contribution >= 0.6 is 0 Å². The first kappa shape index (κ1) is 16.3. The summed E-state index contributed by atoms with van der Waals surface area (Å²) < 4.78 is 13.3. The highest BCUT2D eigenvalue weighted by Crippen LogP contribution is 2.24. The first-order chi connectivity index (χ1) is 12.7. The van der Waals surface area contributed by atoms with Crippen LogP contribution in [0, 0.1) is 5.82 Å². The van der Waals surface area contributed by atoms with Gasteiger partial charge in [0.25, 0.3) is 5.91 Å². The lowest BCUT2D eigenvalue weighted by Crippen LogP contribution is -2.37. The van der Waals surface area contributed by atoms with Crippen molar-refractivity contribution in [2.24, 2.45) is 0 Å². The smallest absolute Gasteiger partial charge is 0.251 e. The van der Waals surface area contributed by atoms with Crippen molar-refractivity contribution in [3.8, 4) is 11.3 Å². The predicted octanol–water partition coefficient (Wildman–Crippen LogP) is 3.22. The predicted molar refractivity (Wildman–Crippen MR) is 98.5 cm³/mol. The first-order valence-corrected chi connectivity index (χ1v) is 8.61. The van der Waals surface area contributed by atoms with E-state index in [0.717, 1.165) is 30.0 Å². The van der Waals surface area contributed by atoms with Crippen molar-refractivity contribution in [1.29, 1.82) is 0 Å². The van der Waals surface area contributed by atoms with Gasteiger partial charge in [-0.15, -0.1) is 0 Å². The average Bonchev–Trinajstić information content (AvgIpc) is 3.32. The number of amides is 1. The normalized spacial score (nSPS) is 16.7. The standard InChI is InChI=1S/C20H19FN4O/c21-16-8-4-7-15(11-16)20(26)22-17-9-10-25(13-17)19-12-18(23-24-19)14-5-2-1-3-6-14/h1-8,11-12,17H,9-10,13H2,(H,22,26)(H,23,24)/t17-/m0/s1. The van der Waals surface area contributed by atoms with Gasteiger partial charge in [-0.05, 0) is 30.2 Å². The van der Waals surface area contributed by atoms with E-state index in [-0.39, 0.29) is 11.9 Å². The summed E-state index contributed by atoms with van der Waals surface area (Å²) in [7, 11) is 0. The van der Waals surface area contributed by atoms with Crippen LogP contribution in [0.25, 0.3) is 11.3 Å². The number of H-pyrrole nitrogens is 1. The van der Waals surface area contributed by atoms with Crippen LogP contribution in [0.5, 0.6) is 0 Å². The topological polar surface area (TPSA) is 61.0 Å². The molecule has 1 aromatic heterocycles. The van der Waals surface area contributed by atoms with Crippen LogP contribution in [0.2, 0.25) is 0 Å². The number of nitrogens with zero attached hydrogens (tertiary/aromatic N) is 2. The first-order valence-electron chi connectivity index (χ1n) is 8.61. The number of hydrogen-bond acceptors (Lipinski definition) is 3. The zero-order chi connectivity index (χ0) is 17.9. The van der Waals surface area contributed by atoms with E-state index in [4.69, 9.17) is 0 Å². The second-order valence-corrected chi connectivity index (χ2v) is 6.42. The van der Waals surface area contributed by atoms with Gasteiger partial charge in [0.1, 0.15) is 5.82 Å². The van der Waals surface area contributed by atoms with Gasteiger partial charge in [0.05, 0.1) is 5.69 Å². The maximum atomic E-state index is 13.3. The monoisotopic (exact) mass is 350 g/mol. The third-order valence-electron chi connectivity index (χ3n) is 4.58. The minimum atomic E-state index is -0.407. The summed E-state index contributed by atoms with van der Waals surface area (Å²) in [6.45, 7) is 1.49. The molecule has 0 unspecified atom stereocenters. The van der Waals surface area contributed by atoms with E-state index in [1.165, 1.54) is 12.1 Å². The van der Waals surface area contributed by atoms with Crippen molar-refractivity contribution in [2.75, 3.05) is 18.0 Å². The lowest BCUT2D eigenvalue weighted by Gasteiger charge is -2.16. The number of carbonyl (C=O) groups is 1. The molecular formula is C20H19FN4O. The molecule has 0 radical (unpaired) electrons. The molecule has 1 amide bonds. The number of benzene rings is 2. The average molecular weight is 350 g/mol. The van der Waals surface area contributed by atoms with E-state index < -0.39 is 5.82 Å². The van der Waals surface area contributed by atoms with Crippen LogP contribution in [0.15, 0.2) is 60.7 Å². The fraction of sp³-hybridized carbons (Fsp3) is 0.200. The lowest BCUT2D eigenvalue weighted by atomic mass is 10.1. The Morgan fingerprint density at radius 2 is 2.00 bits per heavy atom.